The van der Waals surface area contributed by atoms with Gasteiger partial charge in [0.2, 0.25) is 5.91 Å². The Balaban J connectivity index is 1.88. The lowest BCUT2D eigenvalue weighted by molar-refractivity contribution is -0.142. The largest absolute Gasteiger partial charge is 0.481 e. The zero-order valence-electron chi connectivity index (χ0n) is 16.3. The van der Waals surface area contributed by atoms with E-state index in [1.807, 2.05) is 19.9 Å². The molecule has 154 valence electrons. The minimum absolute atomic E-state index is 0.0237. The summed E-state index contributed by atoms with van der Waals surface area (Å²) in [5.41, 5.74) is 0.618. The molecule has 1 aromatic carbocycles. The van der Waals surface area contributed by atoms with E-state index in [2.05, 4.69) is 16.0 Å². The van der Waals surface area contributed by atoms with Gasteiger partial charge in [0, 0.05) is 25.4 Å². The highest BCUT2D eigenvalue weighted by molar-refractivity contribution is 5.93. The molecular weight excluding hydrogens is 362 g/mol. The molecule has 1 heterocycles. The molecule has 0 aliphatic carbocycles. The van der Waals surface area contributed by atoms with Gasteiger partial charge in [-0.15, -0.1) is 0 Å². The Kier molecular flexibility index (Phi) is 8.25. The van der Waals surface area contributed by atoms with Crippen LogP contribution in [0.4, 0.5) is 10.5 Å². The van der Waals surface area contributed by atoms with Crippen LogP contribution < -0.4 is 16.0 Å². The number of nitrogens with one attached hydrogen (secondary N) is 3. The summed E-state index contributed by atoms with van der Waals surface area (Å²) in [6.07, 6.45) is 1.30. The summed E-state index contributed by atoms with van der Waals surface area (Å²) < 4.78 is 5.29. The number of urea groups is 1. The normalized spacial score (nSPS) is 18.3. The van der Waals surface area contributed by atoms with Crippen LogP contribution in [0.1, 0.15) is 26.7 Å². The van der Waals surface area contributed by atoms with Crippen molar-refractivity contribution in [1.82, 2.24) is 10.6 Å². The van der Waals surface area contributed by atoms with Crippen LogP contribution in [0, 0.1) is 17.8 Å². The predicted molar refractivity (Wildman–Crippen MR) is 105 cm³/mol. The van der Waals surface area contributed by atoms with Crippen LogP contribution in [0.25, 0.3) is 0 Å². The highest BCUT2D eigenvalue weighted by Gasteiger charge is 2.28. The van der Waals surface area contributed by atoms with Crippen molar-refractivity contribution in [3.05, 3.63) is 30.3 Å². The lowest BCUT2D eigenvalue weighted by Crippen LogP contribution is -2.52. The van der Waals surface area contributed by atoms with Gasteiger partial charge in [-0.3, -0.25) is 9.59 Å². The molecular formula is C20H29N3O5. The van der Waals surface area contributed by atoms with E-state index in [0.29, 0.717) is 25.3 Å². The van der Waals surface area contributed by atoms with Crippen molar-refractivity contribution >= 4 is 23.6 Å². The van der Waals surface area contributed by atoms with Crippen LogP contribution >= 0.6 is 0 Å². The molecule has 1 aromatic rings. The van der Waals surface area contributed by atoms with Gasteiger partial charge in [-0.25, -0.2) is 4.79 Å². The summed E-state index contributed by atoms with van der Waals surface area (Å²) in [4.78, 5) is 36.3. The van der Waals surface area contributed by atoms with Crippen LogP contribution in [-0.4, -0.2) is 48.8 Å². The summed E-state index contributed by atoms with van der Waals surface area (Å²) >= 11 is 0. The van der Waals surface area contributed by atoms with E-state index in [1.165, 1.54) is 0 Å². The number of hydrogen-bond donors (Lipinski definition) is 4. The van der Waals surface area contributed by atoms with Gasteiger partial charge < -0.3 is 25.8 Å². The lowest BCUT2D eigenvalue weighted by Gasteiger charge is -2.23. The number of para-hydroxylation sites is 1. The third-order valence-electron chi connectivity index (χ3n) is 4.78. The Morgan fingerprint density at radius 3 is 2.50 bits per heavy atom. The molecule has 0 spiro atoms. The molecule has 0 radical (unpaired) electrons. The zero-order valence-corrected chi connectivity index (χ0v) is 16.3. The van der Waals surface area contributed by atoms with Gasteiger partial charge in [0.15, 0.2) is 0 Å². The average molecular weight is 391 g/mol. The van der Waals surface area contributed by atoms with E-state index in [-0.39, 0.29) is 18.4 Å². The number of carbonyl (C=O) groups excluding carboxylic acids is 2. The Labute approximate surface area is 165 Å². The lowest BCUT2D eigenvalue weighted by atomic mass is 9.93. The molecule has 1 saturated heterocycles. The SMILES string of the molecule is CC(C)C(NC(=O)Nc1ccccc1)C(=O)NCC(CC1CCOC1)C(=O)O. The summed E-state index contributed by atoms with van der Waals surface area (Å²) in [6.45, 7) is 4.87. The van der Waals surface area contributed by atoms with Crippen molar-refractivity contribution in [2.24, 2.45) is 17.8 Å². The highest BCUT2D eigenvalue weighted by Crippen LogP contribution is 2.21. The molecule has 3 amide bonds. The molecule has 1 aliphatic heterocycles. The van der Waals surface area contributed by atoms with Crippen LogP contribution in [0.2, 0.25) is 0 Å². The second-order valence-corrected chi connectivity index (χ2v) is 7.43. The number of rotatable bonds is 9. The third-order valence-corrected chi connectivity index (χ3v) is 4.78. The number of hydrogen-bond acceptors (Lipinski definition) is 4. The fourth-order valence-electron chi connectivity index (χ4n) is 3.14. The van der Waals surface area contributed by atoms with E-state index in [1.54, 1.807) is 24.3 Å². The number of ether oxygens (including phenoxy) is 1. The quantitative estimate of drug-likeness (QED) is 0.514. The van der Waals surface area contributed by atoms with Crippen molar-refractivity contribution in [3.8, 4) is 0 Å². The topological polar surface area (TPSA) is 117 Å². The van der Waals surface area contributed by atoms with Gasteiger partial charge in [0.05, 0.1) is 5.92 Å². The van der Waals surface area contributed by atoms with Gasteiger partial charge in [0.1, 0.15) is 6.04 Å². The molecule has 0 aromatic heterocycles. The summed E-state index contributed by atoms with van der Waals surface area (Å²) in [5.74, 6) is -1.97. The van der Waals surface area contributed by atoms with Crippen molar-refractivity contribution in [2.45, 2.75) is 32.7 Å². The first-order valence-corrected chi connectivity index (χ1v) is 9.57. The maximum atomic E-state index is 12.6. The zero-order chi connectivity index (χ0) is 20.5. The van der Waals surface area contributed by atoms with Crippen LogP contribution in [0.5, 0.6) is 0 Å². The first-order chi connectivity index (χ1) is 13.4. The van der Waals surface area contributed by atoms with E-state index < -0.39 is 29.9 Å². The predicted octanol–water partition coefficient (Wildman–Crippen LogP) is 2.08. The summed E-state index contributed by atoms with van der Waals surface area (Å²) in [6, 6.07) is 7.66. The first-order valence-electron chi connectivity index (χ1n) is 9.57. The van der Waals surface area contributed by atoms with Crippen molar-refractivity contribution in [3.63, 3.8) is 0 Å². The van der Waals surface area contributed by atoms with E-state index >= 15 is 0 Å². The van der Waals surface area contributed by atoms with Gasteiger partial charge in [-0.2, -0.15) is 0 Å². The van der Waals surface area contributed by atoms with Crippen LogP contribution in [-0.2, 0) is 14.3 Å². The number of carboxylic acids is 1. The average Bonchev–Trinajstić information content (AvgIpc) is 3.16. The van der Waals surface area contributed by atoms with Crippen molar-refractivity contribution in [1.29, 1.82) is 0 Å². The number of carboxylic acid groups (broad SMARTS) is 1. The molecule has 1 aliphatic rings. The number of benzene rings is 1. The maximum Gasteiger partial charge on any atom is 0.319 e. The maximum absolute atomic E-state index is 12.6. The first kappa shape index (κ1) is 21.7. The Morgan fingerprint density at radius 1 is 1.21 bits per heavy atom. The van der Waals surface area contributed by atoms with Crippen LogP contribution in [0.3, 0.4) is 0 Å². The molecule has 4 N–H and O–H groups in total. The van der Waals surface area contributed by atoms with Crippen molar-refractivity contribution in [2.75, 3.05) is 25.1 Å². The summed E-state index contributed by atoms with van der Waals surface area (Å²) in [5, 5.41) is 17.5. The van der Waals surface area contributed by atoms with E-state index in [4.69, 9.17) is 4.74 Å². The molecule has 28 heavy (non-hydrogen) atoms. The smallest absolute Gasteiger partial charge is 0.319 e. The van der Waals surface area contributed by atoms with Gasteiger partial charge >= 0.3 is 12.0 Å². The second kappa shape index (κ2) is 10.7. The third kappa shape index (κ3) is 6.84. The molecule has 0 saturated carbocycles. The van der Waals surface area contributed by atoms with E-state index in [0.717, 1.165) is 6.42 Å². The molecule has 0 bridgehead atoms. The number of carbonyl (C=O) groups is 3. The fourth-order valence-corrected chi connectivity index (χ4v) is 3.14. The number of amides is 3. The van der Waals surface area contributed by atoms with Gasteiger partial charge in [-0.05, 0) is 36.8 Å². The molecule has 3 unspecified atom stereocenters. The van der Waals surface area contributed by atoms with Crippen molar-refractivity contribution < 1.29 is 24.2 Å². The van der Waals surface area contributed by atoms with E-state index in [9.17, 15) is 19.5 Å². The molecule has 8 nitrogen and oxygen atoms in total. The minimum Gasteiger partial charge on any atom is -0.481 e. The Morgan fingerprint density at radius 2 is 1.93 bits per heavy atom. The molecule has 2 rings (SSSR count). The molecule has 1 fully saturated rings. The van der Waals surface area contributed by atoms with Crippen LogP contribution in [0.15, 0.2) is 30.3 Å². The summed E-state index contributed by atoms with van der Waals surface area (Å²) in [7, 11) is 0. The monoisotopic (exact) mass is 391 g/mol. The number of aliphatic carboxylic acids is 1. The van der Waals surface area contributed by atoms with Gasteiger partial charge in [0.25, 0.3) is 0 Å². The Hall–Kier alpha value is -2.61. The number of anilines is 1. The minimum atomic E-state index is -0.942. The Bertz CT molecular complexity index is 659. The fraction of sp³-hybridized carbons (Fsp3) is 0.550. The molecule has 3 atom stereocenters. The molecule has 8 heteroatoms. The van der Waals surface area contributed by atoms with Gasteiger partial charge in [-0.1, -0.05) is 32.0 Å². The highest BCUT2D eigenvalue weighted by atomic mass is 16.5. The second-order valence-electron chi connectivity index (χ2n) is 7.43. The standard InChI is InChI=1S/C20H29N3O5/c1-13(2)17(23-20(27)22-16-6-4-3-5-7-16)18(24)21-11-15(19(25)26)10-14-8-9-28-12-14/h3-7,13-15,17H,8-12H2,1-2H3,(H,21,24)(H,25,26)(H2,22,23,27).